The zero-order chi connectivity index (χ0) is 16.2. The van der Waals surface area contributed by atoms with Crippen LogP contribution < -0.4 is 0 Å². The van der Waals surface area contributed by atoms with E-state index in [9.17, 15) is 0 Å². The van der Waals surface area contributed by atoms with Crippen LogP contribution >= 0.6 is 0 Å². The van der Waals surface area contributed by atoms with Crippen LogP contribution in [-0.2, 0) is 17.7 Å². The minimum absolute atomic E-state index is 0.286. The number of hydrogen-bond donors (Lipinski definition) is 0. The number of ether oxygens (including phenoxy) is 1. The van der Waals surface area contributed by atoms with Gasteiger partial charge in [-0.15, -0.1) is 5.10 Å². The van der Waals surface area contributed by atoms with Crippen LogP contribution in [0.4, 0.5) is 0 Å². The van der Waals surface area contributed by atoms with Crippen molar-refractivity contribution < 1.29 is 4.74 Å². The normalized spacial score (nSPS) is 20.4. The molecule has 1 atom stereocenters. The molecule has 0 unspecified atom stereocenters. The summed E-state index contributed by atoms with van der Waals surface area (Å²) in [6, 6.07) is 8.45. The highest BCUT2D eigenvalue weighted by molar-refractivity contribution is 5.39. The molecule has 124 valence electrons. The van der Waals surface area contributed by atoms with Gasteiger partial charge in [-0.1, -0.05) is 29.2 Å². The molecule has 1 saturated heterocycles. The molecule has 2 fully saturated rings. The summed E-state index contributed by atoms with van der Waals surface area (Å²) in [5, 5.41) is 8.57. The molecule has 0 radical (unpaired) electrons. The second-order valence-corrected chi connectivity index (χ2v) is 6.84. The monoisotopic (exact) mass is 321 g/mol. The van der Waals surface area contributed by atoms with Crippen LogP contribution in [0.5, 0.6) is 0 Å². The van der Waals surface area contributed by atoms with Crippen LogP contribution in [-0.4, -0.2) is 27.7 Å². The summed E-state index contributed by atoms with van der Waals surface area (Å²) in [6.07, 6.45) is 9.21. The maximum absolute atomic E-state index is 5.77. The summed E-state index contributed by atoms with van der Waals surface area (Å²) in [4.78, 5) is 0. The fraction of sp³-hybridized carbons (Fsp3) is 0.500. The van der Waals surface area contributed by atoms with Crippen molar-refractivity contribution in [2.75, 3.05) is 6.61 Å². The van der Waals surface area contributed by atoms with Gasteiger partial charge in [-0.25, -0.2) is 4.68 Å². The first kappa shape index (κ1) is 15.4. The molecule has 1 aromatic heterocycles. The van der Waals surface area contributed by atoms with E-state index < -0.39 is 0 Å². The lowest BCUT2D eigenvalue weighted by Gasteiger charge is -2.21. The summed E-state index contributed by atoms with van der Waals surface area (Å²) in [5.41, 5.74) is 3.33. The van der Waals surface area contributed by atoms with Crippen LogP contribution in [0, 0.1) is 17.8 Å². The molecule has 2 aliphatic rings. The lowest BCUT2D eigenvalue weighted by molar-refractivity contribution is 0.00370. The standard InChI is InChI=1S/C20H23N3O/c1-2-11-24-20(6-1)15-23-14-19(21-22-23)13-18-5-3-4-17(12-18)10-9-16-7-8-16/h3-5,12,14,16,20H,1-2,6-8,11,13,15H2/t20-/m1/s1. The Labute approximate surface area is 143 Å². The van der Waals surface area contributed by atoms with Gasteiger partial charge in [-0.05, 0) is 49.8 Å². The van der Waals surface area contributed by atoms with Gasteiger partial charge in [0.15, 0.2) is 0 Å². The SMILES string of the molecule is C(#CC1CC1)c1cccc(Cc2cn(C[C@H]3CCCCO3)nn2)c1. The predicted molar refractivity (Wildman–Crippen MR) is 92.5 cm³/mol. The number of benzene rings is 1. The second-order valence-electron chi connectivity index (χ2n) is 6.84. The average molecular weight is 321 g/mol. The average Bonchev–Trinajstić information content (AvgIpc) is 3.35. The molecule has 4 rings (SSSR count). The van der Waals surface area contributed by atoms with Gasteiger partial charge >= 0.3 is 0 Å². The predicted octanol–water partition coefficient (Wildman–Crippen LogP) is 3.20. The molecule has 1 saturated carbocycles. The number of aromatic nitrogens is 3. The maximum Gasteiger partial charge on any atom is 0.0870 e. The number of rotatable bonds is 4. The van der Waals surface area contributed by atoms with Gasteiger partial charge in [-0.3, -0.25) is 0 Å². The lowest BCUT2D eigenvalue weighted by Crippen LogP contribution is -2.24. The van der Waals surface area contributed by atoms with Crippen molar-refractivity contribution in [1.29, 1.82) is 0 Å². The van der Waals surface area contributed by atoms with Crippen molar-refractivity contribution in [3.05, 3.63) is 47.3 Å². The Bertz CT molecular complexity index is 745. The minimum Gasteiger partial charge on any atom is -0.376 e. The van der Waals surface area contributed by atoms with Gasteiger partial charge in [0, 0.05) is 30.7 Å². The van der Waals surface area contributed by atoms with Gasteiger partial charge in [-0.2, -0.15) is 0 Å². The smallest absolute Gasteiger partial charge is 0.0870 e. The molecule has 1 aliphatic heterocycles. The molecule has 24 heavy (non-hydrogen) atoms. The van der Waals surface area contributed by atoms with E-state index in [4.69, 9.17) is 4.74 Å². The van der Waals surface area contributed by atoms with E-state index in [0.717, 1.165) is 37.3 Å². The summed E-state index contributed by atoms with van der Waals surface area (Å²) in [7, 11) is 0. The maximum atomic E-state index is 5.77. The molecule has 4 nitrogen and oxygen atoms in total. The van der Waals surface area contributed by atoms with Gasteiger partial charge < -0.3 is 4.74 Å². The van der Waals surface area contributed by atoms with E-state index in [-0.39, 0.29) is 6.10 Å². The zero-order valence-corrected chi connectivity index (χ0v) is 13.9. The summed E-state index contributed by atoms with van der Waals surface area (Å²) >= 11 is 0. The van der Waals surface area contributed by atoms with E-state index in [2.05, 4.69) is 46.4 Å². The van der Waals surface area contributed by atoms with Crippen LogP contribution in [0.25, 0.3) is 0 Å². The third kappa shape index (κ3) is 4.24. The Morgan fingerprint density at radius 1 is 1.21 bits per heavy atom. The molecular weight excluding hydrogens is 298 g/mol. The van der Waals surface area contributed by atoms with Crippen LogP contribution in [0.1, 0.15) is 48.9 Å². The van der Waals surface area contributed by atoms with Crippen molar-refractivity contribution >= 4 is 0 Å². The first-order valence-corrected chi connectivity index (χ1v) is 8.96. The highest BCUT2D eigenvalue weighted by Crippen LogP contribution is 2.27. The van der Waals surface area contributed by atoms with Gasteiger partial charge in [0.05, 0.1) is 18.3 Å². The van der Waals surface area contributed by atoms with Crippen LogP contribution in [0.2, 0.25) is 0 Å². The fourth-order valence-corrected chi connectivity index (χ4v) is 3.05. The fourth-order valence-electron chi connectivity index (χ4n) is 3.05. The highest BCUT2D eigenvalue weighted by Gasteiger charge is 2.17. The van der Waals surface area contributed by atoms with Gasteiger partial charge in [0.2, 0.25) is 0 Å². The summed E-state index contributed by atoms with van der Waals surface area (Å²) < 4.78 is 7.69. The Morgan fingerprint density at radius 3 is 3.00 bits per heavy atom. The molecular formula is C20H23N3O. The van der Waals surface area contributed by atoms with Crippen LogP contribution in [0.3, 0.4) is 0 Å². The molecule has 0 N–H and O–H groups in total. The molecule has 2 aromatic rings. The third-order valence-corrected chi connectivity index (χ3v) is 4.56. The first-order valence-electron chi connectivity index (χ1n) is 8.96. The molecule has 0 bridgehead atoms. The Kier molecular flexibility index (Phi) is 4.62. The molecule has 0 amide bonds. The second kappa shape index (κ2) is 7.19. The molecule has 1 aromatic carbocycles. The largest absolute Gasteiger partial charge is 0.376 e. The third-order valence-electron chi connectivity index (χ3n) is 4.56. The van der Waals surface area contributed by atoms with E-state index >= 15 is 0 Å². The van der Waals surface area contributed by atoms with Crippen molar-refractivity contribution in [2.24, 2.45) is 5.92 Å². The van der Waals surface area contributed by atoms with E-state index in [1.54, 1.807) is 0 Å². The molecule has 2 heterocycles. The van der Waals surface area contributed by atoms with Gasteiger partial charge in [0.1, 0.15) is 0 Å². The molecule has 1 aliphatic carbocycles. The van der Waals surface area contributed by atoms with E-state index in [0.29, 0.717) is 5.92 Å². The molecule has 4 heteroatoms. The van der Waals surface area contributed by atoms with Crippen molar-refractivity contribution in [2.45, 2.75) is 51.2 Å². The van der Waals surface area contributed by atoms with E-state index in [1.807, 2.05) is 10.9 Å². The number of hydrogen-bond acceptors (Lipinski definition) is 3. The Balaban J connectivity index is 1.38. The lowest BCUT2D eigenvalue weighted by atomic mass is 10.1. The highest BCUT2D eigenvalue weighted by atomic mass is 16.5. The summed E-state index contributed by atoms with van der Waals surface area (Å²) in [5.74, 6) is 7.24. The molecule has 0 spiro atoms. The Morgan fingerprint density at radius 2 is 2.17 bits per heavy atom. The van der Waals surface area contributed by atoms with Crippen molar-refractivity contribution in [1.82, 2.24) is 15.0 Å². The van der Waals surface area contributed by atoms with Crippen LogP contribution in [0.15, 0.2) is 30.5 Å². The number of nitrogens with zero attached hydrogens (tertiary/aromatic N) is 3. The summed E-state index contributed by atoms with van der Waals surface area (Å²) in [6.45, 7) is 1.68. The first-order chi connectivity index (χ1) is 11.8. The van der Waals surface area contributed by atoms with Crippen molar-refractivity contribution in [3.8, 4) is 11.8 Å². The van der Waals surface area contributed by atoms with Gasteiger partial charge in [0.25, 0.3) is 0 Å². The topological polar surface area (TPSA) is 39.9 Å². The quantitative estimate of drug-likeness (QED) is 0.812. The minimum atomic E-state index is 0.286. The van der Waals surface area contributed by atoms with E-state index in [1.165, 1.54) is 31.2 Å². The van der Waals surface area contributed by atoms with Crippen molar-refractivity contribution in [3.63, 3.8) is 0 Å². The zero-order valence-electron chi connectivity index (χ0n) is 13.9. The Hall–Kier alpha value is -2.12.